The Bertz CT molecular complexity index is 309. The number of allylic oxidation sites excluding steroid dienone is 1. The van der Waals surface area contributed by atoms with Crippen LogP contribution in [0.5, 0.6) is 0 Å². The number of thiophene rings is 1. The number of carbonyl (C=O) groups is 1. The van der Waals surface area contributed by atoms with Gasteiger partial charge in [0.15, 0.2) is 0 Å². The quantitative estimate of drug-likeness (QED) is 0.714. The van der Waals surface area contributed by atoms with Gasteiger partial charge in [0, 0.05) is 10.5 Å². The number of hydrogen-bond donors (Lipinski definition) is 1. The molecule has 0 aliphatic heterocycles. The van der Waals surface area contributed by atoms with Crippen LogP contribution in [0.15, 0.2) is 23.1 Å². The normalized spacial score (nSPS) is 12.5. The van der Waals surface area contributed by atoms with Crippen molar-refractivity contribution in [1.82, 2.24) is 0 Å². The molecule has 1 rings (SSSR count). The van der Waals surface area contributed by atoms with Crippen molar-refractivity contribution in [3.63, 3.8) is 0 Å². The molecular formula is C9H10O2S. The molecule has 0 atom stereocenters. The third-order valence-corrected chi connectivity index (χ3v) is 2.76. The second-order valence-corrected chi connectivity index (χ2v) is 3.48. The lowest BCUT2D eigenvalue weighted by atomic mass is 10.1. The summed E-state index contributed by atoms with van der Waals surface area (Å²) in [5.41, 5.74) is 1.26. The molecule has 12 heavy (non-hydrogen) atoms. The van der Waals surface area contributed by atoms with Gasteiger partial charge in [0.2, 0.25) is 0 Å². The summed E-state index contributed by atoms with van der Waals surface area (Å²) in [4.78, 5) is 11.6. The first-order valence-corrected chi connectivity index (χ1v) is 4.45. The van der Waals surface area contributed by atoms with Gasteiger partial charge in [-0.15, -0.1) is 11.3 Å². The van der Waals surface area contributed by atoms with Crippen LogP contribution in [0.3, 0.4) is 0 Å². The average Bonchev–Trinajstić information content (AvgIpc) is 2.53. The van der Waals surface area contributed by atoms with E-state index in [1.807, 2.05) is 24.4 Å². The maximum atomic E-state index is 10.6. The predicted molar refractivity (Wildman–Crippen MR) is 50.2 cm³/mol. The van der Waals surface area contributed by atoms with Crippen LogP contribution in [-0.4, -0.2) is 11.1 Å². The first kappa shape index (κ1) is 9.00. The molecule has 0 unspecified atom stereocenters. The Hall–Kier alpha value is -1.09. The third kappa shape index (κ3) is 1.74. The van der Waals surface area contributed by atoms with Gasteiger partial charge in [-0.3, -0.25) is 0 Å². The maximum Gasteiger partial charge on any atom is 0.331 e. The van der Waals surface area contributed by atoms with E-state index in [4.69, 9.17) is 5.11 Å². The summed E-state index contributed by atoms with van der Waals surface area (Å²) in [5, 5.41) is 10.6. The summed E-state index contributed by atoms with van der Waals surface area (Å²) >= 11 is 1.56. The molecule has 0 saturated heterocycles. The van der Waals surface area contributed by atoms with E-state index in [9.17, 15) is 4.79 Å². The highest BCUT2D eigenvalue weighted by molar-refractivity contribution is 7.11. The van der Waals surface area contributed by atoms with Gasteiger partial charge in [-0.05, 0) is 30.9 Å². The number of aliphatic carboxylic acids is 1. The van der Waals surface area contributed by atoms with Gasteiger partial charge < -0.3 is 5.11 Å². The SMILES string of the molecule is C/C(C(=O)O)=C(/C)c1cccs1. The van der Waals surface area contributed by atoms with Crippen molar-refractivity contribution >= 4 is 22.9 Å². The highest BCUT2D eigenvalue weighted by Gasteiger charge is 2.06. The fourth-order valence-corrected chi connectivity index (χ4v) is 1.63. The first-order valence-electron chi connectivity index (χ1n) is 3.57. The number of carboxylic acid groups (broad SMARTS) is 1. The molecule has 0 aliphatic rings. The van der Waals surface area contributed by atoms with Gasteiger partial charge in [0.05, 0.1) is 0 Å². The van der Waals surface area contributed by atoms with Crippen molar-refractivity contribution in [1.29, 1.82) is 0 Å². The van der Waals surface area contributed by atoms with Crippen molar-refractivity contribution < 1.29 is 9.90 Å². The zero-order valence-corrected chi connectivity index (χ0v) is 7.81. The van der Waals surface area contributed by atoms with Crippen molar-refractivity contribution in [2.75, 3.05) is 0 Å². The Balaban J connectivity index is 3.05. The minimum atomic E-state index is -0.846. The monoisotopic (exact) mass is 182 g/mol. The van der Waals surface area contributed by atoms with Gasteiger partial charge in [0.25, 0.3) is 0 Å². The molecule has 0 fully saturated rings. The Morgan fingerprint density at radius 1 is 1.50 bits per heavy atom. The van der Waals surface area contributed by atoms with Crippen molar-refractivity contribution in [2.45, 2.75) is 13.8 Å². The molecule has 0 amide bonds. The Labute approximate surface area is 75.2 Å². The molecule has 3 heteroatoms. The lowest BCUT2D eigenvalue weighted by Gasteiger charge is -1.99. The van der Waals surface area contributed by atoms with E-state index in [2.05, 4.69) is 0 Å². The molecule has 1 aromatic heterocycles. The summed E-state index contributed by atoms with van der Waals surface area (Å²) in [6.07, 6.45) is 0. The molecule has 0 saturated carbocycles. The van der Waals surface area contributed by atoms with Crippen LogP contribution in [-0.2, 0) is 4.79 Å². The molecule has 64 valence electrons. The zero-order valence-electron chi connectivity index (χ0n) is 7.00. The summed E-state index contributed by atoms with van der Waals surface area (Å²) in [5.74, 6) is -0.846. The fraction of sp³-hybridized carbons (Fsp3) is 0.222. The van der Waals surface area contributed by atoms with Crippen LogP contribution < -0.4 is 0 Å². The van der Waals surface area contributed by atoms with E-state index in [1.165, 1.54) is 0 Å². The zero-order chi connectivity index (χ0) is 9.14. The minimum absolute atomic E-state index is 0.414. The summed E-state index contributed by atoms with van der Waals surface area (Å²) in [6.45, 7) is 3.45. The maximum absolute atomic E-state index is 10.6. The smallest absolute Gasteiger partial charge is 0.331 e. The molecule has 1 aromatic rings. The van der Waals surface area contributed by atoms with Gasteiger partial charge in [-0.1, -0.05) is 6.07 Å². The van der Waals surface area contributed by atoms with Crippen LogP contribution in [0.2, 0.25) is 0 Å². The van der Waals surface area contributed by atoms with Crippen LogP contribution in [0.4, 0.5) is 0 Å². The molecule has 0 aliphatic carbocycles. The molecule has 0 spiro atoms. The highest BCUT2D eigenvalue weighted by Crippen LogP contribution is 2.22. The van der Waals surface area contributed by atoms with E-state index in [0.717, 1.165) is 10.5 Å². The molecule has 0 bridgehead atoms. The second kappa shape index (κ2) is 3.54. The largest absolute Gasteiger partial charge is 0.478 e. The molecule has 2 nitrogen and oxygen atoms in total. The van der Waals surface area contributed by atoms with Crippen LogP contribution in [0.1, 0.15) is 18.7 Å². The topological polar surface area (TPSA) is 37.3 Å². The van der Waals surface area contributed by atoms with Gasteiger partial charge in [0.1, 0.15) is 0 Å². The van der Waals surface area contributed by atoms with Gasteiger partial charge in [-0.2, -0.15) is 0 Å². The van der Waals surface area contributed by atoms with Gasteiger partial charge >= 0.3 is 5.97 Å². The average molecular weight is 182 g/mol. The van der Waals surface area contributed by atoms with E-state index in [-0.39, 0.29) is 0 Å². The lowest BCUT2D eigenvalue weighted by molar-refractivity contribution is -0.132. The molecular weight excluding hydrogens is 172 g/mol. The van der Waals surface area contributed by atoms with E-state index in [0.29, 0.717) is 5.57 Å². The van der Waals surface area contributed by atoms with Gasteiger partial charge in [-0.25, -0.2) is 4.79 Å². The molecule has 1 heterocycles. The van der Waals surface area contributed by atoms with Crippen molar-refractivity contribution in [2.24, 2.45) is 0 Å². The van der Waals surface area contributed by atoms with Crippen molar-refractivity contribution in [3.05, 3.63) is 28.0 Å². The third-order valence-electron chi connectivity index (χ3n) is 1.77. The van der Waals surface area contributed by atoms with E-state index in [1.54, 1.807) is 18.3 Å². The first-order chi connectivity index (χ1) is 5.63. The van der Waals surface area contributed by atoms with Crippen LogP contribution >= 0.6 is 11.3 Å². The summed E-state index contributed by atoms with van der Waals surface area (Å²) in [6, 6.07) is 3.84. The molecule has 0 aromatic carbocycles. The van der Waals surface area contributed by atoms with E-state index < -0.39 is 5.97 Å². The Morgan fingerprint density at radius 2 is 2.17 bits per heavy atom. The number of carboxylic acids is 1. The summed E-state index contributed by atoms with van der Waals surface area (Å²) < 4.78 is 0. The minimum Gasteiger partial charge on any atom is -0.478 e. The second-order valence-electron chi connectivity index (χ2n) is 2.53. The predicted octanol–water partition coefficient (Wildman–Crippen LogP) is 2.63. The lowest BCUT2D eigenvalue weighted by Crippen LogP contribution is -1.98. The van der Waals surface area contributed by atoms with Crippen molar-refractivity contribution in [3.8, 4) is 0 Å². The van der Waals surface area contributed by atoms with Crippen LogP contribution in [0.25, 0.3) is 5.57 Å². The van der Waals surface area contributed by atoms with E-state index >= 15 is 0 Å². The molecule has 0 radical (unpaired) electrons. The number of rotatable bonds is 2. The Morgan fingerprint density at radius 3 is 2.58 bits per heavy atom. The van der Waals surface area contributed by atoms with Crippen LogP contribution in [0, 0.1) is 0 Å². The molecule has 1 N–H and O–H groups in total. The number of hydrogen-bond acceptors (Lipinski definition) is 2. The Kier molecular flexibility index (Phi) is 2.65. The standard InChI is InChI=1S/C9H10O2S/c1-6(7(2)9(10)11)8-4-3-5-12-8/h3-5H,1-2H3,(H,10,11)/b7-6+. The highest BCUT2D eigenvalue weighted by atomic mass is 32.1. The summed E-state index contributed by atoms with van der Waals surface area (Å²) in [7, 11) is 0. The fourth-order valence-electron chi connectivity index (χ4n) is 0.837.